The second-order valence-electron chi connectivity index (χ2n) is 8.08. The molecule has 3 aromatic rings. The summed E-state index contributed by atoms with van der Waals surface area (Å²) in [5.74, 6) is -0.329. The van der Waals surface area contributed by atoms with Crippen molar-refractivity contribution in [3.63, 3.8) is 0 Å². The van der Waals surface area contributed by atoms with Gasteiger partial charge in [0.2, 0.25) is 15.2 Å². The maximum atomic E-state index is 13.2. The van der Waals surface area contributed by atoms with Gasteiger partial charge in [-0.05, 0) is 49.6 Å². The maximum absolute atomic E-state index is 13.2. The predicted octanol–water partition coefficient (Wildman–Crippen LogP) is 3.08. The molecule has 1 amide bonds. The number of rotatable bonds is 8. The third-order valence-electron chi connectivity index (χ3n) is 5.60. The second-order valence-corrected chi connectivity index (χ2v) is 12.8. The minimum absolute atomic E-state index is 0.00623. The molecular formula is C22H25N5O6S3. The molecule has 192 valence electrons. The Balaban J connectivity index is 1.55. The first-order valence-corrected chi connectivity index (χ1v) is 14.8. The van der Waals surface area contributed by atoms with Crippen molar-refractivity contribution in [2.24, 2.45) is 0 Å². The number of hydrogen-bond donors (Lipinski definition) is 2. The van der Waals surface area contributed by atoms with Crippen molar-refractivity contribution in [2.45, 2.75) is 35.4 Å². The van der Waals surface area contributed by atoms with Gasteiger partial charge in [0.15, 0.2) is 0 Å². The van der Waals surface area contributed by atoms with E-state index in [4.69, 9.17) is 4.74 Å². The molecule has 2 heterocycles. The van der Waals surface area contributed by atoms with Crippen LogP contribution in [0.4, 0.5) is 10.8 Å². The molecule has 0 radical (unpaired) electrons. The zero-order chi connectivity index (χ0) is 25.9. The lowest BCUT2D eigenvalue weighted by atomic mass is 10.1. The number of piperidine rings is 1. The molecule has 0 spiro atoms. The molecule has 0 saturated carbocycles. The first-order valence-electron chi connectivity index (χ1n) is 11.0. The molecule has 36 heavy (non-hydrogen) atoms. The van der Waals surface area contributed by atoms with Crippen molar-refractivity contribution in [3.8, 4) is 5.75 Å². The number of anilines is 2. The van der Waals surface area contributed by atoms with E-state index in [1.165, 1.54) is 29.6 Å². The van der Waals surface area contributed by atoms with Crippen molar-refractivity contribution in [1.82, 2.24) is 14.5 Å². The van der Waals surface area contributed by atoms with Crippen LogP contribution in [0.3, 0.4) is 0 Å². The molecule has 1 fully saturated rings. The Morgan fingerprint density at radius 3 is 2.44 bits per heavy atom. The number of hydrogen-bond acceptors (Lipinski definition) is 9. The zero-order valence-corrected chi connectivity index (χ0v) is 22.0. The topological polar surface area (TPSA) is 148 Å². The van der Waals surface area contributed by atoms with Crippen LogP contribution in [0.25, 0.3) is 0 Å². The van der Waals surface area contributed by atoms with Crippen molar-refractivity contribution in [1.29, 1.82) is 0 Å². The molecule has 0 bridgehead atoms. The van der Waals surface area contributed by atoms with E-state index >= 15 is 0 Å². The number of ether oxygens (including phenoxy) is 1. The Bertz CT molecular complexity index is 1480. The number of amides is 1. The molecule has 1 aromatic heterocycles. The van der Waals surface area contributed by atoms with Gasteiger partial charge in [0.05, 0.1) is 12.8 Å². The average Bonchev–Trinajstić information content (AvgIpc) is 3.34. The van der Waals surface area contributed by atoms with E-state index in [1.807, 2.05) is 0 Å². The summed E-state index contributed by atoms with van der Waals surface area (Å²) in [6, 6.07) is 11.0. The number of carbonyl (C=O) groups excluding carboxylic acids is 1. The second kappa shape index (κ2) is 10.5. The number of aromatic nitrogens is 2. The van der Waals surface area contributed by atoms with E-state index in [2.05, 4.69) is 20.2 Å². The standard InChI is InChI=1S/C22H25N5O6S3/c1-15-8-4-5-9-17(15)20(28)23-21-24-25-22(34-21)35(29,30)26-16-10-11-18(33-2)19(14-16)36(31,32)27-12-6-3-7-13-27/h4-5,8-11,14,26H,3,6-7,12-13H2,1-2H3,(H,23,24,28). The summed E-state index contributed by atoms with van der Waals surface area (Å²) in [6.07, 6.45) is 2.47. The Hall–Kier alpha value is -3.07. The van der Waals surface area contributed by atoms with E-state index in [9.17, 15) is 21.6 Å². The average molecular weight is 552 g/mol. The molecule has 0 unspecified atom stereocenters. The van der Waals surface area contributed by atoms with Gasteiger partial charge in [-0.2, -0.15) is 12.7 Å². The highest BCUT2D eigenvalue weighted by atomic mass is 32.2. The molecule has 0 aliphatic carbocycles. The van der Waals surface area contributed by atoms with Gasteiger partial charge < -0.3 is 4.74 Å². The fourth-order valence-electron chi connectivity index (χ4n) is 3.75. The Morgan fingerprint density at radius 2 is 1.75 bits per heavy atom. The third-order valence-corrected chi connectivity index (χ3v) is 10.1. The number of nitrogens with one attached hydrogen (secondary N) is 2. The summed E-state index contributed by atoms with van der Waals surface area (Å²) in [6.45, 7) is 2.57. The zero-order valence-electron chi connectivity index (χ0n) is 19.6. The first kappa shape index (κ1) is 26.0. The molecule has 2 N–H and O–H groups in total. The largest absolute Gasteiger partial charge is 0.495 e. The van der Waals surface area contributed by atoms with Crippen molar-refractivity contribution < 1.29 is 26.4 Å². The monoisotopic (exact) mass is 551 g/mol. The molecular weight excluding hydrogens is 526 g/mol. The number of benzene rings is 2. The summed E-state index contributed by atoms with van der Waals surface area (Å²) in [5, 5.41) is 10.00. The summed E-state index contributed by atoms with van der Waals surface area (Å²) < 4.78 is 60.8. The molecule has 1 saturated heterocycles. The maximum Gasteiger partial charge on any atom is 0.291 e. The highest BCUT2D eigenvalue weighted by Crippen LogP contribution is 2.32. The lowest BCUT2D eigenvalue weighted by Gasteiger charge is -2.26. The fourth-order valence-corrected chi connectivity index (χ4v) is 7.39. The third kappa shape index (κ3) is 5.51. The van der Waals surface area contributed by atoms with Crippen LogP contribution in [0.2, 0.25) is 0 Å². The van der Waals surface area contributed by atoms with Crippen LogP contribution in [0.15, 0.2) is 51.7 Å². The lowest BCUT2D eigenvalue weighted by molar-refractivity contribution is 0.102. The van der Waals surface area contributed by atoms with E-state index in [-0.39, 0.29) is 25.8 Å². The Kier molecular flexibility index (Phi) is 7.59. The molecule has 11 nitrogen and oxygen atoms in total. The number of methoxy groups -OCH3 is 1. The quantitative estimate of drug-likeness (QED) is 0.406. The molecule has 0 atom stereocenters. The smallest absolute Gasteiger partial charge is 0.291 e. The summed E-state index contributed by atoms with van der Waals surface area (Å²) >= 11 is 0.672. The Labute approximate surface area is 213 Å². The van der Waals surface area contributed by atoms with Gasteiger partial charge in [-0.25, -0.2) is 8.42 Å². The molecule has 1 aliphatic heterocycles. The number of sulfonamides is 2. The van der Waals surface area contributed by atoms with Gasteiger partial charge in [-0.3, -0.25) is 14.8 Å². The van der Waals surface area contributed by atoms with Gasteiger partial charge in [0, 0.05) is 18.7 Å². The predicted molar refractivity (Wildman–Crippen MR) is 135 cm³/mol. The van der Waals surface area contributed by atoms with Crippen LogP contribution in [-0.2, 0) is 20.0 Å². The van der Waals surface area contributed by atoms with E-state index < -0.39 is 26.0 Å². The minimum atomic E-state index is -4.21. The molecule has 1 aliphatic rings. The molecule has 14 heteroatoms. The van der Waals surface area contributed by atoms with Crippen LogP contribution in [0.1, 0.15) is 35.2 Å². The van der Waals surface area contributed by atoms with Gasteiger partial charge >= 0.3 is 0 Å². The number of aryl methyl sites for hydroxylation is 1. The van der Waals surface area contributed by atoms with Gasteiger partial charge in [0.25, 0.3) is 20.3 Å². The van der Waals surface area contributed by atoms with E-state index in [1.54, 1.807) is 31.2 Å². The van der Waals surface area contributed by atoms with Crippen molar-refractivity contribution in [3.05, 3.63) is 53.6 Å². The van der Waals surface area contributed by atoms with Crippen LogP contribution in [-0.4, -0.2) is 57.4 Å². The lowest BCUT2D eigenvalue weighted by Crippen LogP contribution is -2.35. The summed E-state index contributed by atoms with van der Waals surface area (Å²) in [7, 11) is -6.75. The summed E-state index contributed by atoms with van der Waals surface area (Å²) in [4.78, 5) is 12.4. The van der Waals surface area contributed by atoms with Crippen molar-refractivity contribution >= 4 is 48.1 Å². The number of nitrogens with zero attached hydrogens (tertiary/aromatic N) is 3. The van der Waals surface area contributed by atoms with Crippen molar-refractivity contribution in [2.75, 3.05) is 30.2 Å². The Morgan fingerprint density at radius 1 is 1.03 bits per heavy atom. The first-order chi connectivity index (χ1) is 17.1. The highest BCUT2D eigenvalue weighted by Gasteiger charge is 2.30. The van der Waals surface area contributed by atoms with Crippen LogP contribution >= 0.6 is 11.3 Å². The van der Waals surface area contributed by atoms with E-state index in [0.29, 0.717) is 30.0 Å². The molecule has 2 aromatic carbocycles. The normalized spacial score (nSPS) is 14.8. The van der Waals surface area contributed by atoms with Gasteiger partial charge in [0.1, 0.15) is 10.6 Å². The van der Waals surface area contributed by atoms with E-state index in [0.717, 1.165) is 24.8 Å². The van der Waals surface area contributed by atoms with Gasteiger partial charge in [-0.15, -0.1) is 10.2 Å². The van der Waals surface area contributed by atoms with Crippen LogP contribution in [0, 0.1) is 6.92 Å². The fraction of sp³-hybridized carbons (Fsp3) is 0.318. The number of carbonyl (C=O) groups is 1. The molecule has 4 rings (SSSR count). The summed E-state index contributed by atoms with van der Waals surface area (Å²) in [5.41, 5.74) is 1.20. The van der Waals surface area contributed by atoms with Crippen LogP contribution < -0.4 is 14.8 Å². The van der Waals surface area contributed by atoms with Crippen LogP contribution in [0.5, 0.6) is 5.75 Å². The highest BCUT2D eigenvalue weighted by molar-refractivity contribution is 7.94. The SMILES string of the molecule is COc1ccc(NS(=O)(=O)c2nnc(NC(=O)c3ccccc3C)s2)cc1S(=O)(=O)N1CCCCC1. The van der Waals surface area contributed by atoms with Gasteiger partial charge in [-0.1, -0.05) is 36.0 Å². The minimum Gasteiger partial charge on any atom is -0.495 e.